The molecule has 0 amide bonds. The molecule has 2 nitrogen and oxygen atoms in total. The van der Waals surface area contributed by atoms with E-state index in [-0.39, 0.29) is 5.41 Å². The summed E-state index contributed by atoms with van der Waals surface area (Å²) < 4.78 is 6.31. The molecule has 0 heterocycles. The van der Waals surface area contributed by atoms with Crippen LogP contribution in [0, 0.1) is 0 Å². The zero-order valence-corrected chi connectivity index (χ0v) is 13.4. The molecule has 0 radical (unpaired) electrons. The van der Waals surface area contributed by atoms with E-state index in [1.807, 2.05) is 0 Å². The minimum Gasteiger partial charge on any atom is -0.489 e. The summed E-state index contributed by atoms with van der Waals surface area (Å²) in [5.74, 6) is 1.02. The van der Waals surface area contributed by atoms with Gasteiger partial charge in [-0.2, -0.15) is 0 Å². The quantitative estimate of drug-likeness (QED) is 0.831. The average Bonchev–Trinajstić information content (AvgIpc) is 2.63. The fourth-order valence-corrected chi connectivity index (χ4v) is 2.96. The van der Waals surface area contributed by atoms with E-state index >= 15 is 0 Å². The maximum Gasteiger partial charge on any atom is 0.120 e. The molecular weight excluding hydrogens is 246 g/mol. The third-order valence-corrected chi connectivity index (χ3v) is 4.31. The molecule has 20 heavy (non-hydrogen) atoms. The number of benzene rings is 1. The van der Waals surface area contributed by atoms with Crippen LogP contribution in [0.1, 0.15) is 58.4 Å². The molecule has 2 rings (SSSR count). The average molecular weight is 275 g/mol. The summed E-state index contributed by atoms with van der Waals surface area (Å²) in [5.41, 5.74) is 1.51. The Morgan fingerprint density at radius 2 is 1.85 bits per heavy atom. The monoisotopic (exact) mass is 275 g/mol. The molecule has 1 saturated carbocycles. The van der Waals surface area contributed by atoms with Crippen molar-refractivity contribution in [1.29, 1.82) is 0 Å². The minimum atomic E-state index is 0.172. The number of likely N-dealkylation sites (N-methyl/N-ethyl adjacent to an activating group) is 1. The van der Waals surface area contributed by atoms with Crippen LogP contribution < -0.4 is 10.1 Å². The minimum absolute atomic E-state index is 0.172. The van der Waals surface area contributed by atoms with Crippen LogP contribution in [-0.2, 0) is 5.41 Å². The van der Waals surface area contributed by atoms with Gasteiger partial charge in [-0.05, 0) is 49.4 Å². The van der Waals surface area contributed by atoms with Gasteiger partial charge in [0.25, 0.3) is 0 Å². The number of nitrogens with one attached hydrogen (secondary N) is 1. The van der Waals surface area contributed by atoms with Gasteiger partial charge in [-0.25, -0.2) is 0 Å². The molecule has 1 aromatic rings. The Bertz CT molecular complexity index is 422. The number of hydrogen-bond donors (Lipinski definition) is 1. The van der Waals surface area contributed by atoms with Crippen LogP contribution in [0.2, 0.25) is 0 Å². The highest BCUT2D eigenvalue weighted by Crippen LogP contribution is 2.28. The first-order valence-corrected chi connectivity index (χ1v) is 7.95. The summed E-state index contributed by atoms with van der Waals surface area (Å²) in [5, 5.41) is 3.43. The van der Waals surface area contributed by atoms with E-state index in [1.165, 1.54) is 31.2 Å². The van der Waals surface area contributed by atoms with Crippen molar-refractivity contribution in [2.24, 2.45) is 0 Å². The van der Waals surface area contributed by atoms with Gasteiger partial charge >= 0.3 is 0 Å². The highest BCUT2D eigenvalue weighted by Gasteiger charge is 2.24. The van der Waals surface area contributed by atoms with E-state index in [0.29, 0.717) is 12.1 Å². The molecule has 0 aromatic heterocycles. The van der Waals surface area contributed by atoms with E-state index in [0.717, 1.165) is 12.2 Å². The van der Waals surface area contributed by atoms with Crippen molar-refractivity contribution < 1.29 is 4.74 Å². The highest BCUT2D eigenvalue weighted by molar-refractivity contribution is 5.32. The van der Waals surface area contributed by atoms with Crippen molar-refractivity contribution in [2.75, 3.05) is 7.05 Å². The Morgan fingerprint density at radius 1 is 1.10 bits per heavy atom. The molecule has 0 bridgehead atoms. The van der Waals surface area contributed by atoms with Crippen molar-refractivity contribution in [1.82, 2.24) is 5.32 Å². The molecule has 1 N–H and O–H groups in total. The van der Waals surface area contributed by atoms with Gasteiger partial charge in [-0.1, -0.05) is 45.7 Å². The lowest BCUT2D eigenvalue weighted by Crippen LogP contribution is -2.40. The lowest BCUT2D eigenvalue weighted by Gasteiger charge is -2.27. The van der Waals surface area contributed by atoms with Gasteiger partial charge in [0.15, 0.2) is 0 Å². The maximum atomic E-state index is 6.31. The molecule has 0 spiro atoms. The smallest absolute Gasteiger partial charge is 0.120 e. The van der Waals surface area contributed by atoms with Gasteiger partial charge in [-0.15, -0.1) is 0 Å². The lowest BCUT2D eigenvalue weighted by atomic mass is 9.87. The van der Waals surface area contributed by atoms with E-state index in [4.69, 9.17) is 4.74 Å². The van der Waals surface area contributed by atoms with E-state index in [9.17, 15) is 0 Å². The zero-order valence-electron chi connectivity index (χ0n) is 13.4. The van der Waals surface area contributed by atoms with Crippen molar-refractivity contribution in [3.05, 3.63) is 29.8 Å². The molecule has 1 aliphatic rings. The lowest BCUT2D eigenvalue weighted by molar-refractivity contribution is 0.148. The van der Waals surface area contributed by atoms with Crippen LogP contribution >= 0.6 is 0 Å². The maximum absolute atomic E-state index is 6.31. The predicted octanol–water partition coefficient (Wildman–Crippen LogP) is 4.28. The molecule has 2 unspecified atom stereocenters. The molecule has 2 atom stereocenters. The fraction of sp³-hybridized carbons (Fsp3) is 0.667. The van der Waals surface area contributed by atoms with Crippen LogP contribution in [0.5, 0.6) is 5.75 Å². The summed E-state index contributed by atoms with van der Waals surface area (Å²) in [4.78, 5) is 0. The van der Waals surface area contributed by atoms with E-state index in [1.54, 1.807) is 0 Å². The number of rotatable bonds is 3. The van der Waals surface area contributed by atoms with Crippen LogP contribution in [0.3, 0.4) is 0 Å². The summed E-state index contributed by atoms with van der Waals surface area (Å²) >= 11 is 0. The summed E-state index contributed by atoms with van der Waals surface area (Å²) in [7, 11) is 2.05. The Kier molecular flexibility index (Phi) is 5.09. The standard InChI is InChI=1S/C18H29NO/c1-18(2,3)14-9-8-10-15(13-14)20-17-12-7-5-6-11-16(17)19-4/h8-10,13,16-17,19H,5-7,11-12H2,1-4H3. The van der Waals surface area contributed by atoms with Crippen LogP contribution in [0.25, 0.3) is 0 Å². The Balaban J connectivity index is 2.11. The third kappa shape index (κ3) is 3.99. The Labute approximate surface area is 123 Å². The highest BCUT2D eigenvalue weighted by atomic mass is 16.5. The zero-order chi connectivity index (χ0) is 14.6. The van der Waals surface area contributed by atoms with Gasteiger partial charge < -0.3 is 10.1 Å². The van der Waals surface area contributed by atoms with Gasteiger partial charge in [0, 0.05) is 6.04 Å². The van der Waals surface area contributed by atoms with Gasteiger partial charge in [-0.3, -0.25) is 0 Å². The third-order valence-electron chi connectivity index (χ3n) is 4.31. The van der Waals surface area contributed by atoms with E-state index < -0.39 is 0 Å². The molecular formula is C18H29NO. The van der Waals surface area contributed by atoms with Crippen LogP contribution in [0.4, 0.5) is 0 Å². The largest absolute Gasteiger partial charge is 0.489 e. The number of hydrogen-bond acceptors (Lipinski definition) is 2. The normalized spacial score (nSPS) is 24.2. The fourth-order valence-electron chi connectivity index (χ4n) is 2.96. The first-order chi connectivity index (χ1) is 9.50. The molecule has 1 aliphatic carbocycles. The SMILES string of the molecule is CNC1CCCCCC1Oc1cccc(C(C)(C)C)c1. The summed E-state index contributed by atoms with van der Waals surface area (Å²) in [6.07, 6.45) is 6.61. The van der Waals surface area contributed by atoms with Crippen molar-refractivity contribution in [3.8, 4) is 5.75 Å². The second kappa shape index (κ2) is 6.62. The second-order valence-corrected chi connectivity index (χ2v) is 6.97. The molecule has 112 valence electrons. The summed E-state index contributed by atoms with van der Waals surface area (Å²) in [6.45, 7) is 6.73. The van der Waals surface area contributed by atoms with Crippen molar-refractivity contribution in [2.45, 2.75) is 70.4 Å². The topological polar surface area (TPSA) is 21.3 Å². The molecule has 2 heteroatoms. The second-order valence-electron chi connectivity index (χ2n) is 6.97. The number of ether oxygens (including phenoxy) is 1. The first-order valence-electron chi connectivity index (χ1n) is 7.95. The van der Waals surface area contributed by atoms with Crippen LogP contribution in [-0.4, -0.2) is 19.2 Å². The van der Waals surface area contributed by atoms with Crippen LogP contribution in [0.15, 0.2) is 24.3 Å². The van der Waals surface area contributed by atoms with Crippen molar-refractivity contribution >= 4 is 0 Å². The Morgan fingerprint density at radius 3 is 2.55 bits per heavy atom. The molecule has 1 aromatic carbocycles. The predicted molar refractivity (Wildman–Crippen MR) is 85.5 cm³/mol. The summed E-state index contributed by atoms with van der Waals surface area (Å²) in [6, 6.07) is 9.08. The van der Waals surface area contributed by atoms with E-state index in [2.05, 4.69) is 57.4 Å². The first kappa shape index (κ1) is 15.4. The molecule has 1 fully saturated rings. The van der Waals surface area contributed by atoms with Gasteiger partial charge in [0.1, 0.15) is 11.9 Å². The van der Waals surface area contributed by atoms with Crippen molar-refractivity contribution in [3.63, 3.8) is 0 Å². The molecule has 0 aliphatic heterocycles. The molecule has 0 saturated heterocycles. The van der Waals surface area contributed by atoms with Gasteiger partial charge in [0.2, 0.25) is 0 Å². The van der Waals surface area contributed by atoms with Gasteiger partial charge in [0.05, 0.1) is 0 Å². The Hall–Kier alpha value is -1.02.